The topological polar surface area (TPSA) is 50.6 Å². The molecule has 0 spiro atoms. The van der Waals surface area contributed by atoms with Crippen molar-refractivity contribution in [1.82, 2.24) is 19.4 Å². The van der Waals surface area contributed by atoms with Crippen molar-refractivity contribution in [1.29, 1.82) is 0 Å². The lowest BCUT2D eigenvalue weighted by Gasteiger charge is -2.33. The Morgan fingerprint density at radius 1 is 0.971 bits per heavy atom. The molecule has 0 unspecified atom stereocenters. The number of alkyl halides is 3. The normalized spacial score (nSPS) is 14.9. The summed E-state index contributed by atoms with van der Waals surface area (Å²) in [6.45, 7) is 3.68. The van der Waals surface area contributed by atoms with Crippen molar-refractivity contribution >= 4 is 6.09 Å². The molecule has 0 atom stereocenters. The summed E-state index contributed by atoms with van der Waals surface area (Å²) in [6.07, 6.45) is 0.472. The van der Waals surface area contributed by atoms with Gasteiger partial charge in [0.1, 0.15) is 5.75 Å². The molecular formula is C25H27F3N4O2. The second-order valence-corrected chi connectivity index (χ2v) is 8.49. The minimum atomic E-state index is -4.34. The van der Waals surface area contributed by atoms with Crippen molar-refractivity contribution in [3.63, 3.8) is 0 Å². The van der Waals surface area contributed by atoms with Crippen LogP contribution in [0, 0.1) is 0 Å². The maximum absolute atomic E-state index is 12.7. The van der Waals surface area contributed by atoms with Crippen molar-refractivity contribution in [2.45, 2.75) is 19.0 Å². The van der Waals surface area contributed by atoms with Crippen molar-refractivity contribution in [3.8, 4) is 5.75 Å². The highest BCUT2D eigenvalue weighted by Gasteiger charge is 2.30. The van der Waals surface area contributed by atoms with Gasteiger partial charge in [0, 0.05) is 52.4 Å². The van der Waals surface area contributed by atoms with E-state index in [1.54, 1.807) is 23.4 Å². The summed E-state index contributed by atoms with van der Waals surface area (Å²) in [5, 5.41) is 0. The van der Waals surface area contributed by atoms with Crippen LogP contribution in [0.2, 0.25) is 0 Å². The zero-order chi connectivity index (χ0) is 24.1. The molecule has 1 amide bonds. The average Bonchev–Trinajstić information content (AvgIpc) is 3.24. The monoisotopic (exact) mass is 472 g/mol. The highest BCUT2D eigenvalue weighted by molar-refractivity contribution is 5.70. The van der Waals surface area contributed by atoms with Crippen LogP contribution in [0.15, 0.2) is 61.1 Å². The van der Waals surface area contributed by atoms with Gasteiger partial charge >= 0.3 is 12.3 Å². The molecule has 3 aromatic rings. The molecule has 0 aliphatic carbocycles. The average molecular weight is 473 g/mol. The van der Waals surface area contributed by atoms with Crippen LogP contribution < -0.4 is 4.74 Å². The SMILES string of the molecule is Cn1cnc(CCN2CCN(C(=O)Oc3ccc(Cc4ccc(C(F)(F)F)cc4)cc3)CC2)c1. The maximum Gasteiger partial charge on any atom is 0.416 e. The van der Waals surface area contributed by atoms with Gasteiger partial charge in [-0.25, -0.2) is 9.78 Å². The van der Waals surface area contributed by atoms with Crippen LogP contribution in [-0.2, 0) is 26.1 Å². The van der Waals surface area contributed by atoms with Gasteiger partial charge in [-0.3, -0.25) is 4.90 Å². The van der Waals surface area contributed by atoms with E-state index in [1.807, 2.05) is 29.9 Å². The Morgan fingerprint density at radius 3 is 2.15 bits per heavy atom. The number of carbonyl (C=O) groups is 1. The number of aryl methyl sites for hydroxylation is 1. The third-order valence-corrected chi connectivity index (χ3v) is 5.89. The summed E-state index contributed by atoms with van der Waals surface area (Å²) >= 11 is 0. The number of hydrogen-bond acceptors (Lipinski definition) is 4. The number of rotatable bonds is 6. The molecule has 0 radical (unpaired) electrons. The molecule has 2 aromatic carbocycles. The van der Waals surface area contributed by atoms with Crippen LogP contribution in [0.1, 0.15) is 22.4 Å². The summed E-state index contributed by atoms with van der Waals surface area (Å²) in [5.41, 5.74) is 2.10. The Bertz CT molecular complexity index is 1090. The molecule has 2 heterocycles. The highest BCUT2D eigenvalue weighted by atomic mass is 19.4. The number of halogens is 3. The molecule has 34 heavy (non-hydrogen) atoms. The van der Waals surface area contributed by atoms with E-state index in [-0.39, 0.29) is 6.09 Å². The predicted molar refractivity (Wildman–Crippen MR) is 122 cm³/mol. The van der Waals surface area contributed by atoms with Gasteiger partial charge in [0.05, 0.1) is 17.6 Å². The molecule has 0 N–H and O–H groups in total. The molecule has 1 saturated heterocycles. The van der Waals surface area contributed by atoms with Crippen LogP contribution in [-0.4, -0.2) is 58.2 Å². The molecule has 6 nitrogen and oxygen atoms in total. The molecule has 0 saturated carbocycles. The highest BCUT2D eigenvalue weighted by Crippen LogP contribution is 2.29. The Labute approximate surface area is 196 Å². The zero-order valence-electron chi connectivity index (χ0n) is 19.0. The van der Waals surface area contributed by atoms with E-state index in [1.165, 1.54) is 12.1 Å². The molecule has 1 aliphatic heterocycles. The number of carbonyl (C=O) groups excluding carboxylic acids is 1. The van der Waals surface area contributed by atoms with Crippen LogP contribution in [0.3, 0.4) is 0 Å². The first-order valence-electron chi connectivity index (χ1n) is 11.2. The largest absolute Gasteiger partial charge is 0.416 e. The first-order chi connectivity index (χ1) is 16.3. The molecule has 180 valence electrons. The third kappa shape index (κ3) is 6.38. The zero-order valence-corrected chi connectivity index (χ0v) is 19.0. The van der Waals surface area contributed by atoms with Crippen LogP contribution in [0.4, 0.5) is 18.0 Å². The molecule has 9 heteroatoms. The summed E-state index contributed by atoms with van der Waals surface area (Å²) in [7, 11) is 1.95. The molecule has 1 aromatic heterocycles. The summed E-state index contributed by atoms with van der Waals surface area (Å²) in [4.78, 5) is 20.9. The van der Waals surface area contributed by atoms with Gasteiger partial charge < -0.3 is 14.2 Å². The van der Waals surface area contributed by atoms with Gasteiger partial charge in [-0.2, -0.15) is 13.2 Å². The summed E-state index contributed by atoms with van der Waals surface area (Å²) < 4.78 is 45.5. The van der Waals surface area contributed by atoms with Crippen molar-refractivity contribution in [2.24, 2.45) is 7.05 Å². The van der Waals surface area contributed by atoms with Crippen LogP contribution >= 0.6 is 0 Å². The second-order valence-electron chi connectivity index (χ2n) is 8.49. The fourth-order valence-corrected chi connectivity index (χ4v) is 3.91. The van der Waals surface area contributed by atoms with Gasteiger partial charge in [-0.1, -0.05) is 24.3 Å². The molecular weight excluding hydrogens is 445 g/mol. The number of imidazole rings is 1. The quantitative estimate of drug-likeness (QED) is 0.534. The lowest BCUT2D eigenvalue weighted by molar-refractivity contribution is -0.137. The van der Waals surface area contributed by atoms with E-state index in [0.717, 1.165) is 55.0 Å². The van der Waals surface area contributed by atoms with E-state index in [4.69, 9.17) is 4.74 Å². The molecule has 4 rings (SSSR count). The first kappa shape index (κ1) is 23.8. The van der Waals surface area contributed by atoms with E-state index >= 15 is 0 Å². The van der Waals surface area contributed by atoms with E-state index in [2.05, 4.69) is 9.88 Å². The molecule has 1 fully saturated rings. The van der Waals surface area contributed by atoms with Gasteiger partial charge in [0.15, 0.2) is 0 Å². The number of piperazine rings is 1. The second kappa shape index (κ2) is 10.3. The predicted octanol–water partition coefficient (Wildman–Crippen LogP) is 4.39. The Hall–Kier alpha value is -3.33. The fraction of sp³-hybridized carbons (Fsp3) is 0.360. The maximum atomic E-state index is 12.7. The van der Waals surface area contributed by atoms with E-state index in [9.17, 15) is 18.0 Å². The number of benzene rings is 2. The number of aromatic nitrogens is 2. The Balaban J connectivity index is 1.22. The van der Waals surface area contributed by atoms with Crippen molar-refractivity contribution in [3.05, 3.63) is 83.4 Å². The number of nitrogens with zero attached hydrogens (tertiary/aromatic N) is 4. The van der Waals surface area contributed by atoms with Crippen molar-refractivity contribution < 1.29 is 22.7 Å². The lowest BCUT2D eigenvalue weighted by Crippen LogP contribution is -2.49. The lowest BCUT2D eigenvalue weighted by atomic mass is 10.0. The minimum Gasteiger partial charge on any atom is -0.410 e. The minimum absolute atomic E-state index is 0.375. The number of ether oxygens (including phenoxy) is 1. The van der Waals surface area contributed by atoms with Crippen molar-refractivity contribution in [2.75, 3.05) is 32.7 Å². The fourth-order valence-electron chi connectivity index (χ4n) is 3.91. The van der Waals surface area contributed by atoms with Gasteiger partial charge in [-0.05, 0) is 41.8 Å². The van der Waals surface area contributed by atoms with Crippen LogP contribution in [0.25, 0.3) is 0 Å². The standard InChI is InChI=1S/C25H27F3N4O2/c1-30-17-22(29-18-30)10-11-31-12-14-32(15-13-31)24(33)34-23-8-4-20(5-9-23)16-19-2-6-21(7-3-19)25(26,27)28/h2-9,17-18H,10-16H2,1H3. The van der Waals surface area contributed by atoms with Gasteiger partial charge in [-0.15, -0.1) is 0 Å². The third-order valence-electron chi connectivity index (χ3n) is 5.89. The number of hydrogen-bond donors (Lipinski definition) is 0. The smallest absolute Gasteiger partial charge is 0.410 e. The summed E-state index contributed by atoms with van der Waals surface area (Å²) in [6, 6.07) is 12.2. The Kier molecular flexibility index (Phi) is 7.21. The number of amides is 1. The van der Waals surface area contributed by atoms with Gasteiger partial charge in [0.25, 0.3) is 0 Å². The van der Waals surface area contributed by atoms with Crippen LogP contribution in [0.5, 0.6) is 5.75 Å². The molecule has 1 aliphatic rings. The molecule has 0 bridgehead atoms. The van der Waals surface area contributed by atoms with E-state index in [0.29, 0.717) is 25.3 Å². The summed E-state index contributed by atoms with van der Waals surface area (Å²) in [5.74, 6) is 0.443. The van der Waals surface area contributed by atoms with Gasteiger partial charge in [0.2, 0.25) is 0 Å². The van der Waals surface area contributed by atoms with E-state index < -0.39 is 11.7 Å². The first-order valence-corrected chi connectivity index (χ1v) is 11.2. The Morgan fingerprint density at radius 2 is 1.59 bits per heavy atom.